The van der Waals surface area contributed by atoms with Gasteiger partial charge in [0.15, 0.2) is 0 Å². The highest BCUT2D eigenvalue weighted by atomic mass is 16.2. The Labute approximate surface area is 166 Å². The molecule has 9 heteroatoms. The number of likely N-dealkylation sites (tertiary alicyclic amines) is 1. The Bertz CT molecular complexity index is 756. The van der Waals surface area contributed by atoms with Crippen LogP contribution in [0.5, 0.6) is 0 Å². The first kappa shape index (κ1) is 19.3. The van der Waals surface area contributed by atoms with Crippen molar-refractivity contribution in [2.75, 3.05) is 26.7 Å². The normalized spacial score (nSPS) is 31.8. The lowest BCUT2D eigenvalue weighted by Crippen LogP contribution is -2.61. The second-order valence-corrected chi connectivity index (χ2v) is 8.29. The lowest BCUT2D eigenvalue weighted by atomic mass is 9.87. The fourth-order valence-electron chi connectivity index (χ4n) is 5.21. The lowest BCUT2D eigenvalue weighted by molar-refractivity contribution is -0.128. The van der Waals surface area contributed by atoms with E-state index in [9.17, 15) is 10.1 Å². The van der Waals surface area contributed by atoms with Gasteiger partial charge in [0.05, 0.1) is 17.5 Å². The highest BCUT2D eigenvalue weighted by Gasteiger charge is 2.38. The van der Waals surface area contributed by atoms with Crippen molar-refractivity contribution in [3.05, 3.63) is 11.4 Å². The number of nitriles is 1. The summed E-state index contributed by atoms with van der Waals surface area (Å²) in [6, 6.07) is 2.64. The number of nitrogens with zero attached hydrogens (tertiary/aromatic N) is 6. The molecule has 3 aliphatic rings. The lowest BCUT2D eigenvalue weighted by Gasteiger charge is -2.39. The summed E-state index contributed by atoms with van der Waals surface area (Å²) in [4.78, 5) is 16.7. The molecule has 3 aliphatic heterocycles. The standard InChI is InChI=1S/C19H30N8O/c1-3-16-13(5-4-7-25(16)2)11-27-17-6-8-26(12-15(17)22-24-27)18-10-21-23-19(28)14(18)9-20/h13-14,16,18,21H,3-8,10-12H2,1-2H3,(H,23,28). The molecular formula is C19H30N8O. The van der Waals surface area contributed by atoms with E-state index in [0.717, 1.165) is 31.6 Å². The van der Waals surface area contributed by atoms with Crippen molar-refractivity contribution in [1.29, 1.82) is 5.26 Å². The summed E-state index contributed by atoms with van der Waals surface area (Å²) in [5.41, 5.74) is 7.68. The molecular weight excluding hydrogens is 356 g/mol. The van der Waals surface area contributed by atoms with Gasteiger partial charge in [-0.25, -0.2) is 10.1 Å². The molecule has 28 heavy (non-hydrogen) atoms. The number of hydrogen-bond acceptors (Lipinski definition) is 7. The topological polar surface area (TPSA) is 102 Å². The number of aromatic nitrogens is 3. The van der Waals surface area contributed by atoms with Gasteiger partial charge in [-0.2, -0.15) is 5.26 Å². The molecule has 9 nitrogen and oxygen atoms in total. The summed E-state index contributed by atoms with van der Waals surface area (Å²) in [7, 11) is 2.23. The van der Waals surface area contributed by atoms with Gasteiger partial charge < -0.3 is 4.90 Å². The molecule has 1 aromatic heterocycles. The second kappa shape index (κ2) is 8.15. The molecule has 4 rings (SSSR count). The van der Waals surface area contributed by atoms with Crippen LogP contribution < -0.4 is 10.9 Å². The van der Waals surface area contributed by atoms with Crippen LogP contribution in [0, 0.1) is 23.2 Å². The zero-order valence-corrected chi connectivity index (χ0v) is 16.8. The van der Waals surface area contributed by atoms with Crippen LogP contribution >= 0.6 is 0 Å². The van der Waals surface area contributed by atoms with Gasteiger partial charge in [0.1, 0.15) is 5.92 Å². The zero-order chi connectivity index (χ0) is 19.7. The number of nitrogens with one attached hydrogen (secondary N) is 2. The maximum absolute atomic E-state index is 12.0. The van der Waals surface area contributed by atoms with Gasteiger partial charge in [-0.1, -0.05) is 12.1 Å². The van der Waals surface area contributed by atoms with Crippen LogP contribution in [0.3, 0.4) is 0 Å². The molecule has 0 aromatic carbocycles. The molecule has 0 radical (unpaired) electrons. The Morgan fingerprint density at radius 2 is 2.21 bits per heavy atom. The van der Waals surface area contributed by atoms with E-state index >= 15 is 0 Å². The maximum Gasteiger partial charge on any atom is 0.253 e. The van der Waals surface area contributed by atoms with Crippen molar-refractivity contribution < 1.29 is 4.79 Å². The third kappa shape index (κ3) is 3.52. The fraction of sp³-hybridized carbons (Fsp3) is 0.789. The maximum atomic E-state index is 12.0. The third-order valence-corrected chi connectivity index (χ3v) is 6.73. The van der Waals surface area contributed by atoms with Crippen molar-refractivity contribution >= 4 is 5.91 Å². The Balaban J connectivity index is 1.46. The van der Waals surface area contributed by atoms with Gasteiger partial charge in [0, 0.05) is 44.7 Å². The molecule has 4 heterocycles. The molecule has 2 saturated heterocycles. The molecule has 4 atom stereocenters. The first-order chi connectivity index (χ1) is 13.6. The Hall–Kier alpha value is -2.02. The molecule has 0 aliphatic carbocycles. The number of fused-ring (bicyclic) bond motifs is 1. The first-order valence-electron chi connectivity index (χ1n) is 10.4. The minimum Gasteiger partial charge on any atom is -0.303 e. The van der Waals surface area contributed by atoms with E-state index in [4.69, 9.17) is 0 Å². The zero-order valence-electron chi connectivity index (χ0n) is 16.8. The molecule has 152 valence electrons. The van der Waals surface area contributed by atoms with Crippen molar-refractivity contribution in [3.63, 3.8) is 0 Å². The van der Waals surface area contributed by atoms with E-state index in [2.05, 4.69) is 55.7 Å². The second-order valence-electron chi connectivity index (χ2n) is 8.29. The third-order valence-electron chi connectivity index (χ3n) is 6.73. The number of carbonyl (C=O) groups excluding carboxylic acids is 1. The molecule has 2 N–H and O–H groups in total. The van der Waals surface area contributed by atoms with E-state index in [-0.39, 0.29) is 11.9 Å². The number of rotatable bonds is 4. The van der Waals surface area contributed by atoms with E-state index in [0.29, 0.717) is 25.0 Å². The number of amides is 1. The van der Waals surface area contributed by atoms with Crippen LogP contribution in [0.25, 0.3) is 0 Å². The van der Waals surface area contributed by atoms with Crippen LogP contribution in [0.15, 0.2) is 0 Å². The number of carbonyl (C=O) groups is 1. The quantitative estimate of drug-likeness (QED) is 0.745. The van der Waals surface area contributed by atoms with Crippen molar-refractivity contribution in [1.82, 2.24) is 35.6 Å². The minimum absolute atomic E-state index is 0.131. The van der Waals surface area contributed by atoms with Crippen LogP contribution in [-0.2, 0) is 24.3 Å². The molecule has 4 unspecified atom stereocenters. The number of piperidine rings is 1. The molecule has 0 spiro atoms. The van der Waals surface area contributed by atoms with Gasteiger partial charge in [-0.05, 0) is 38.8 Å². The summed E-state index contributed by atoms with van der Waals surface area (Å²) < 4.78 is 2.12. The summed E-state index contributed by atoms with van der Waals surface area (Å²) in [5, 5.41) is 18.4. The molecule has 1 amide bonds. The van der Waals surface area contributed by atoms with E-state index in [1.807, 2.05) is 0 Å². The van der Waals surface area contributed by atoms with Gasteiger partial charge in [-0.3, -0.25) is 15.1 Å². The van der Waals surface area contributed by atoms with Crippen molar-refractivity contribution in [3.8, 4) is 6.07 Å². The summed E-state index contributed by atoms with van der Waals surface area (Å²) in [6.45, 7) is 6.42. The monoisotopic (exact) mass is 386 g/mol. The van der Waals surface area contributed by atoms with Crippen LogP contribution in [-0.4, -0.2) is 69.5 Å². The minimum atomic E-state index is -0.652. The highest BCUT2D eigenvalue weighted by molar-refractivity contribution is 5.82. The smallest absolute Gasteiger partial charge is 0.253 e. The SMILES string of the molecule is CCC1C(Cn2nnc3c2CCN(C2CNNC(=O)C2C#N)C3)CCCN1C. The van der Waals surface area contributed by atoms with Gasteiger partial charge in [0.2, 0.25) is 0 Å². The largest absolute Gasteiger partial charge is 0.303 e. The van der Waals surface area contributed by atoms with Gasteiger partial charge in [-0.15, -0.1) is 5.10 Å². The molecule has 1 aromatic rings. The fourth-order valence-corrected chi connectivity index (χ4v) is 5.21. The molecule has 2 fully saturated rings. The van der Waals surface area contributed by atoms with Crippen LogP contribution in [0.4, 0.5) is 0 Å². The van der Waals surface area contributed by atoms with E-state index in [1.54, 1.807) is 0 Å². The predicted octanol–water partition coefficient (Wildman–Crippen LogP) is -0.101. The summed E-state index contributed by atoms with van der Waals surface area (Å²) in [6.07, 6.45) is 4.51. The summed E-state index contributed by atoms with van der Waals surface area (Å²) in [5.74, 6) is -0.289. The average molecular weight is 387 g/mol. The number of hydrogen-bond donors (Lipinski definition) is 2. The van der Waals surface area contributed by atoms with Crippen molar-refractivity contribution in [2.45, 2.75) is 57.8 Å². The summed E-state index contributed by atoms with van der Waals surface area (Å²) >= 11 is 0. The van der Waals surface area contributed by atoms with E-state index < -0.39 is 5.92 Å². The number of hydrazine groups is 1. The first-order valence-corrected chi connectivity index (χ1v) is 10.4. The van der Waals surface area contributed by atoms with Gasteiger partial charge in [0.25, 0.3) is 5.91 Å². The average Bonchev–Trinajstić information content (AvgIpc) is 3.10. The van der Waals surface area contributed by atoms with Gasteiger partial charge >= 0.3 is 0 Å². The highest BCUT2D eigenvalue weighted by Crippen LogP contribution is 2.28. The molecule has 0 saturated carbocycles. The Morgan fingerprint density at radius 1 is 1.36 bits per heavy atom. The molecule has 0 bridgehead atoms. The van der Waals surface area contributed by atoms with Crippen LogP contribution in [0.2, 0.25) is 0 Å². The van der Waals surface area contributed by atoms with E-state index in [1.165, 1.54) is 25.1 Å². The van der Waals surface area contributed by atoms with Crippen LogP contribution in [0.1, 0.15) is 37.6 Å². The van der Waals surface area contributed by atoms with Crippen molar-refractivity contribution in [2.24, 2.45) is 11.8 Å². The Morgan fingerprint density at radius 3 is 3.00 bits per heavy atom. The Kier molecular flexibility index (Phi) is 5.62. The predicted molar refractivity (Wildman–Crippen MR) is 103 cm³/mol.